The van der Waals surface area contributed by atoms with Crippen molar-refractivity contribution in [2.45, 2.75) is 32.0 Å². The van der Waals surface area contributed by atoms with Gasteiger partial charge in [0.05, 0.1) is 14.2 Å². The van der Waals surface area contributed by atoms with Gasteiger partial charge in [0.25, 0.3) is 0 Å². The molecule has 33 heavy (non-hydrogen) atoms. The standard InChI is InChI=1S/C23H29BN6O3/c1-13-9-30(11-14(13)10-29-12-16-4-17(29)7-25-16)22-18(24)8-26-23(28-22)27-15-5-19(31)21(33-3)20(6-15)32-2/h5-6,8-9,11,16-17,25,31H,4,7,10,12,24H2,1-3H3,(H,26,27,28). The highest BCUT2D eigenvalue weighted by atomic mass is 16.5. The molecule has 2 saturated heterocycles. The van der Waals surface area contributed by atoms with Crippen LogP contribution in [0.5, 0.6) is 17.2 Å². The maximum atomic E-state index is 10.2. The van der Waals surface area contributed by atoms with Crippen LogP contribution in [0.1, 0.15) is 17.5 Å². The molecule has 3 N–H and O–H groups in total. The van der Waals surface area contributed by atoms with Gasteiger partial charge < -0.3 is 29.8 Å². The molecule has 1 aromatic carbocycles. The van der Waals surface area contributed by atoms with Gasteiger partial charge in [0.2, 0.25) is 11.7 Å². The predicted octanol–water partition coefficient (Wildman–Crippen LogP) is 0.847. The number of phenols is 1. The smallest absolute Gasteiger partial charge is 0.229 e. The van der Waals surface area contributed by atoms with Crippen molar-refractivity contribution >= 4 is 24.9 Å². The van der Waals surface area contributed by atoms with Gasteiger partial charge in [-0.3, -0.25) is 4.90 Å². The Morgan fingerprint density at radius 3 is 2.82 bits per heavy atom. The summed E-state index contributed by atoms with van der Waals surface area (Å²) in [7, 11) is 5.01. The third kappa shape index (κ3) is 4.11. The van der Waals surface area contributed by atoms with Crippen LogP contribution in [-0.4, -0.2) is 71.8 Å². The van der Waals surface area contributed by atoms with Crippen LogP contribution in [0, 0.1) is 6.92 Å². The molecule has 2 aliphatic rings. The number of likely N-dealkylation sites (tertiary alicyclic amines) is 1. The van der Waals surface area contributed by atoms with E-state index in [4.69, 9.17) is 14.5 Å². The van der Waals surface area contributed by atoms with Crippen molar-refractivity contribution in [3.05, 3.63) is 41.9 Å². The molecular weight excluding hydrogens is 419 g/mol. The Labute approximate surface area is 194 Å². The fourth-order valence-electron chi connectivity index (χ4n) is 4.85. The van der Waals surface area contributed by atoms with E-state index < -0.39 is 0 Å². The monoisotopic (exact) mass is 448 g/mol. The number of nitrogens with zero attached hydrogens (tertiary/aromatic N) is 4. The SMILES string of the molecule is Bc1cnc(Nc2cc(O)c(OC)c(OC)c2)nc1-n1cc(C)c(CN2CC3CC2CN3)c1. The number of hydrogen-bond donors (Lipinski definition) is 3. The lowest BCUT2D eigenvalue weighted by Crippen LogP contribution is -2.43. The van der Waals surface area contributed by atoms with Crippen LogP contribution in [0.25, 0.3) is 5.82 Å². The van der Waals surface area contributed by atoms with Gasteiger partial charge in [-0.15, -0.1) is 0 Å². The minimum absolute atomic E-state index is 0.0248. The van der Waals surface area contributed by atoms with E-state index in [9.17, 15) is 5.11 Å². The zero-order valence-electron chi connectivity index (χ0n) is 19.4. The summed E-state index contributed by atoms with van der Waals surface area (Å²) in [6.45, 7) is 5.33. The summed E-state index contributed by atoms with van der Waals surface area (Å²) >= 11 is 0. The molecular formula is C23H29BN6O3. The number of piperazine rings is 1. The maximum Gasteiger partial charge on any atom is 0.229 e. The second-order valence-corrected chi connectivity index (χ2v) is 8.85. The van der Waals surface area contributed by atoms with E-state index in [0.717, 1.165) is 30.9 Å². The van der Waals surface area contributed by atoms with Crippen LogP contribution in [0.4, 0.5) is 11.6 Å². The molecule has 2 bridgehead atoms. The third-order valence-corrected chi connectivity index (χ3v) is 6.58. The molecule has 2 unspecified atom stereocenters. The Morgan fingerprint density at radius 2 is 2.12 bits per heavy atom. The van der Waals surface area contributed by atoms with Crippen molar-refractivity contribution in [3.8, 4) is 23.1 Å². The number of aromatic hydroxyl groups is 1. The first kappa shape index (κ1) is 21.6. The van der Waals surface area contributed by atoms with E-state index in [2.05, 4.69) is 44.4 Å². The summed E-state index contributed by atoms with van der Waals surface area (Å²) < 4.78 is 12.6. The Hall–Kier alpha value is -3.24. The largest absolute Gasteiger partial charge is 0.504 e. The molecule has 0 radical (unpaired) electrons. The zero-order valence-corrected chi connectivity index (χ0v) is 19.4. The molecule has 0 aliphatic carbocycles. The number of ether oxygens (including phenoxy) is 2. The van der Waals surface area contributed by atoms with Gasteiger partial charge in [-0.25, -0.2) is 4.98 Å². The summed E-state index contributed by atoms with van der Waals surface area (Å²) in [6.07, 6.45) is 7.36. The molecule has 5 rings (SSSR count). The Morgan fingerprint density at radius 1 is 1.27 bits per heavy atom. The summed E-state index contributed by atoms with van der Waals surface area (Å²) in [5.41, 5.74) is 4.15. The topological polar surface area (TPSA) is 96.7 Å². The number of benzene rings is 1. The van der Waals surface area contributed by atoms with E-state index in [0.29, 0.717) is 29.5 Å². The molecule has 10 heteroatoms. The van der Waals surface area contributed by atoms with Crippen molar-refractivity contribution < 1.29 is 14.6 Å². The zero-order chi connectivity index (χ0) is 23.1. The number of aromatic nitrogens is 3. The number of hydrogen-bond acceptors (Lipinski definition) is 8. The highest BCUT2D eigenvalue weighted by molar-refractivity contribution is 6.34. The van der Waals surface area contributed by atoms with Crippen LogP contribution >= 0.6 is 0 Å². The molecule has 2 aliphatic heterocycles. The average molecular weight is 448 g/mol. The fraction of sp³-hybridized carbons (Fsp3) is 0.391. The van der Waals surface area contributed by atoms with Crippen LogP contribution in [0.2, 0.25) is 0 Å². The maximum absolute atomic E-state index is 10.2. The van der Waals surface area contributed by atoms with Gasteiger partial charge in [0.1, 0.15) is 13.7 Å². The van der Waals surface area contributed by atoms with E-state index in [-0.39, 0.29) is 11.5 Å². The second-order valence-electron chi connectivity index (χ2n) is 8.85. The highest BCUT2D eigenvalue weighted by Crippen LogP contribution is 2.39. The highest BCUT2D eigenvalue weighted by Gasteiger charge is 2.37. The molecule has 2 aromatic heterocycles. The quantitative estimate of drug-likeness (QED) is 0.458. The molecule has 4 heterocycles. The van der Waals surface area contributed by atoms with Crippen LogP contribution in [-0.2, 0) is 6.54 Å². The van der Waals surface area contributed by atoms with Gasteiger partial charge in [-0.05, 0) is 29.9 Å². The lowest BCUT2D eigenvalue weighted by molar-refractivity contribution is 0.217. The van der Waals surface area contributed by atoms with Crippen molar-refractivity contribution in [1.29, 1.82) is 0 Å². The van der Waals surface area contributed by atoms with Crippen LogP contribution < -0.4 is 25.6 Å². The predicted molar refractivity (Wildman–Crippen MR) is 129 cm³/mol. The molecule has 2 atom stereocenters. The summed E-state index contributed by atoms with van der Waals surface area (Å²) in [5.74, 6) is 1.92. The average Bonchev–Trinajstić information content (AvgIpc) is 3.51. The van der Waals surface area contributed by atoms with E-state index >= 15 is 0 Å². The van der Waals surface area contributed by atoms with Gasteiger partial charge in [0, 0.05) is 68.1 Å². The minimum atomic E-state index is -0.0248. The van der Waals surface area contributed by atoms with Crippen molar-refractivity contribution in [2.24, 2.45) is 0 Å². The lowest BCUT2D eigenvalue weighted by atomic mass is 9.99. The molecule has 3 aromatic rings. The number of nitrogens with one attached hydrogen (secondary N) is 2. The van der Waals surface area contributed by atoms with Gasteiger partial charge >= 0.3 is 0 Å². The van der Waals surface area contributed by atoms with Gasteiger partial charge in [-0.1, -0.05) is 0 Å². The number of phenolic OH excluding ortho intramolecular Hbond substituents is 1. The normalized spacial score (nSPS) is 19.7. The minimum Gasteiger partial charge on any atom is -0.504 e. The summed E-state index contributed by atoms with van der Waals surface area (Å²) in [5, 5.41) is 17.0. The van der Waals surface area contributed by atoms with Crippen LogP contribution in [0.3, 0.4) is 0 Å². The summed E-state index contributed by atoms with van der Waals surface area (Å²) in [4.78, 5) is 11.8. The number of methoxy groups -OCH3 is 2. The van der Waals surface area contributed by atoms with E-state index in [1.807, 2.05) is 7.85 Å². The molecule has 2 fully saturated rings. The Kier molecular flexibility index (Phi) is 5.63. The third-order valence-electron chi connectivity index (χ3n) is 6.58. The fourth-order valence-corrected chi connectivity index (χ4v) is 4.85. The number of aryl methyl sites for hydroxylation is 1. The first-order chi connectivity index (χ1) is 15.9. The van der Waals surface area contributed by atoms with Crippen molar-refractivity contribution in [2.75, 3.05) is 32.6 Å². The van der Waals surface area contributed by atoms with Gasteiger partial charge in [-0.2, -0.15) is 4.98 Å². The van der Waals surface area contributed by atoms with Crippen molar-refractivity contribution in [3.63, 3.8) is 0 Å². The summed E-state index contributed by atoms with van der Waals surface area (Å²) in [6, 6.07) is 4.58. The molecule has 9 nitrogen and oxygen atoms in total. The first-order valence-electron chi connectivity index (χ1n) is 11.2. The van der Waals surface area contributed by atoms with E-state index in [1.54, 1.807) is 18.3 Å². The van der Waals surface area contributed by atoms with Gasteiger partial charge in [0.15, 0.2) is 11.5 Å². The molecule has 172 valence electrons. The number of rotatable bonds is 7. The molecule has 0 saturated carbocycles. The Bertz CT molecular complexity index is 1180. The number of fused-ring (bicyclic) bond motifs is 2. The molecule has 0 spiro atoms. The number of anilines is 2. The van der Waals surface area contributed by atoms with Crippen molar-refractivity contribution in [1.82, 2.24) is 24.8 Å². The Balaban J connectivity index is 1.39. The van der Waals surface area contributed by atoms with E-state index in [1.165, 1.54) is 31.8 Å². The van der Waals surface area contributed by atoms with Crippen LogP contribution in [0.15, 0.2) is 30.7 Å². The first-order valence-corrected chi connectivity index (χ1v) is 11.2. The lowest BCUT2D eigenvalue weighted by Gasteiger charge is -2.27. The second kappa shape index (κ2) is 8.60. The molecule has 0 amide bonds.